The van der Waals surface area contributed by atoms with Crippen LogP contribution >= 0.6 is 11.3 Å². The van der Waals surface area contributed by atoms with Crippen molar-refractivity contribution in [3.63, 3.8) is 0 Å². The molecule has 37 heavy (non-hydrogen) atoms. The van der Waals surface area contributed by atoms with Gasteiger partial charge in [-0.25, -0.2) is 8.42 Å². The molecule has 1 unspecified atom stereocenters. The molecule has 0 spiro atoms. The van der Waals surface area contributed by atoms with Crippen LogP contribution in [-0.4, -0.2) is 64.3 Å². The third-order valence-electron chi connectivity index (χ3n) is 7.03. The average molecular weight is 548 g/mol. The zero-order chi connectivity index (χ0) is 26.4. The molecule has 1 saturated heterocycles. The number of hydrogen-bond donors (Lipinski definition) is 2. The fraction of sp³-hybridized carbons (Fsp3) is 0.556. The number of hydrogen-bond acceptors (Lipinski definition) is 7. The number of thiophene rings is 1. The van der Waals surface area contributed by atoms with Crippen LogP contribution in [-0.2, 0) is 27.6 Å². The summed E-state index contributed by atoms with van der Waals surface area (Å²) in [5, 5.41) is 6.89. The number of piperidine rings is 1. The molecule has 0 bridgehead atoms. The van der Waals surface area contributed by atoms with Gasteiger partial charge < -0.3 is 15.4 Å². The predicted molar refractivity (Wildman–Crippen MR) is 146 cm³/mol. The molecule has 1 aromatic carbocycles. The normalized spacial score (nSPS) is 18.3. The quantitative estimate of drug-likeness (QED) is 0.324. The zero-order valence-corrected chi connectivity index (χ0v) is 23.3. The van der Waals surface area contributed by atoms with Gasteiger partial charge in [0.15, 0.2) is 5.78 Å². The first-order chi connectivity index (χ1) is 17.8. The van der Waals surface area contributed by atoms with E-state index in [0.29, 0.717) is 48.3 Å². The molecule has 2 aliphatic rings. The summed E-state index contributed by atoms with van der Waals surface area (Å²) in [4.78, 5) is 27.5. The maximum Gasteiger partial charge on any atom is 0.254 e. The second-order valence-corrected chi connectivity index (χ2v) is 13.0. The summed E-state index contributed by atoms with van der Waals surface area (Å²) in [5.41, 5.74) is 2.06. The number of Topliss-reactive ketones (excluding diaryl/α,β-unsaturated/α-hetero) is 1. The summed E-state index contributed by atoms with van der Waals surface area (Å²) >= 11 is 1.55. The van der Waals surface area contributed by atoms with Gasteiger partial charge in [0.1, 0.15) is 5.00 Å². The van der Waals surface area contributed by atoms with E-state index in [9.17, 15) is 18.0 Å². The Morgan fingerprint density at radius 2 is 2.00 bits per heavy atom. The Labute approximate surface area is 223 Å². The van der Waals surface area contributed by atoms with Crippen LogP contribution in [0, 0.1) is 5.92 Å². The summed E-state index contributed by atoms with van der Waals surface area (Å²) in [6.07, 6.45) is 6.53. The standard InChI is InChI=1S/C27H37N3O5S2/c1-19-8-6-14-30(18-19)37(33,34)21-10-5-9-20(16-21)23(31)17-29-27-25(26(32)28-13-7-15-35-2)22-11-3-4-12-24(22)36-27/h5,9-10,16,19,29H,3-4,6-8,11-15,17-18H2,1-2H3,(H,28,32). The summed E-state index contributed by atoms with van der Waals surface area (Å²) < 4.78 is 33.0. The van der Waals surface area contributed by atoms with Crippen molar-refractivity contribution in [2.24, 2.45) is 5.92 Å². The van der Waals surface area contributed by atoms with Gasteiger partial charge in [0, 0.05) is 43.8 Å². The van der Waals surface area contributed by atoms with E-state index in [-0.39, 0.29) is 23.1 Å². The third kappa shape index (κ3) is 6.60. The molecule has 2 N–H and O–H groups in total. The van der Waals surface area contributed by atoms with E-state index in [1.807, 2.05) is 0 Å². The van der Waals surface area contributed by atoms with Crippen molar-refractivity contribution in [2.45, 2.75) is 56.8 Å². The first-order valence-corrected chi connectivity index (χ1v) is 15.4. The van der Waals surface area contributed by atoms with Gasteiger partial charge in [0.05, 0.1) is 17.0 Å². The molecule has 1 aromatic heterocycles. The highest BCUT2D eigenvalue weighted by molar-refractivity contribution is 7.89. The highest BCUT2D eigenvalue weighted by atomic mass is 32.2. The highest BCUT2D eigenvalue weighted by Crippen LogP contribution is 2.38. The molecule has 0 saturated carbocycles. The van der Waals surface area contributed by atoms with Crippen LogP contribution in [0.25, 0.3) is 0 Å². The second kappa shape index (κ2) is 12.5. The number of nitrogens with one attached hydrogen (secondary N) is 2. The molecular formula is C27H37N3O5S2. The summed E-state index contributed by atoms with van der Waals surface area (Å²) in [5.74, 6) is -0.0308. The van der Waals surface area contributed by atoms with Crippen LogP contribution in [0.1, 0.15) is 70.2 Å². The molecule has 1 fully saturated rings. The van der Waals surface area contributed by atoms with Gasteiger partial charge >= 0.3 is 0 Å². The van der Waals surface area contributed by atoms with Crippen molar-refractivity contribution in [1.29, 1.82) is 0 Å². The number of ether oxygens (including phenoxy) is 1. The highest BCUT2D eigenvalue weighted by Gasteiger charge is 2.29. The number of carbonyl (C=O) groups is 2. The number of carbonyl (C=O) groups excluding carboxylic acids is 2. The number of benzene rings is 1. The lowest BCUT2D eigenvalue weighted by Crippen LogP contribution is -2.39. The number of rotatable bonds is 11. The molecule has 10 heteroatoms. The Hall–Kier alpha value is -2.27. The number of nitrogens with zero attached hydrogens (tertiary/aromatic N) is 1. The Morgan fingerprint density at radius 1 is 1.19 bits per heavy atom. The van der Waals surface area contributed by atoms with Crippen LogP contribution in [0.3, 0.4) is 0 Å². The number of anilines is 1. The monoisotopic (exact) mass is 547 g/mol. The first-order valence-electron chi connectivity index (χ1n) is 13.1. The molecule has 202 valence electrons. The molecule has 1 aliphatic carbocycles. The number of ketones is 1. The molecule has 4 rings (SSSR count). The second-order valence-electron chi connectivity index (χ2n) is 9.93. The van der Waals surface area contributed by atoms with Crippen molar-refractivity contribution < 1.29 is 22.7 Å². The molecule has 1 aliphatic heterocycles. The van der Waals surface area contributed by atoms with Gasteiger partial charge in [0.25, 0.3) is 5.91 Å². The number of methoxy groups -OCH3 is 1. The first kappa shape index (κ1) is 27.8. The number of aryl methyl sites for hydroxylation is 1. The van der Waals surface area contributed by atoms with E-state index in [4.69, 9.17) is 4.74 Å². The topological polar surface area (TPSA) is 105 Å². The third-order valence-corrected chi connectivity index (χ3v) is 10.1. The summed E-state index contributed by atoms with van der Waals surface area (Å²) in [6.45, 7) is 4.14. The Kier molecular flexibility index (Phi) is 9.39. The summed E-state index contributed by atoms with van der Waals surface area (Å²) in [7, 11) is -2.02. The van der Waals surface area contributed by atoms with Crippen LogP contribution < -0.4 is 10.6 Å². The van der Waals surface area contributed by atoms with Gasteiger partial charge in [-0.1, -0.05) is 19.1 Å². The number of sulfonamides is 1. The lowest BCUT2D eigenvalue weighted by Gasteiger charge is -2.30. The van der Waals surface area contributed by atoms with Crippen molar-refractivity contribution in [3.05, 3.63) is 45.8 Å². The molecule has 8 nitrogen and oxygen atoms in total. The van der Waals surface area contributed by atoms with Crippen LogP contribution in [0.5, 0.6) is 0 Å². The Morgan fingerprint density at radius 3 is 2.78 bits per heavy atom. The SMILES string of the molecule is COCCCNC(=O)c1c(NCC(=O)c2cccc(S(=O)(=O)N3CCCC(C)C3)c2)sc2c1CCCC2. The van der Waals surface area contributed by atoms with E-state index in [2.05, 4.69) is 17.6 Å². The van der Waals surface area contributed by atoms with Crippen molar-refractivity contribution >= 4 is 38.1 Å². The van der Waals surface area contributed by atoms with E-state index in [1.54, 1.807) is 36.6 Å². The van der Waals surface area contributed by atoms with Crippen LogP contribution in [0.2, 0.25) is 0 Å². The Bertz CT molecular complexity index is 1220. The van der Waals surface area contributed by atoms with E-state index < -0.39 is 10.0 Å². The van der Waals surface area contributed by atoms with Gasteiger partial charge in [-0.15, -0.1) is 11.3 Å². The van der Waals surface area contributed by atoms with Gasteiger partial charge in [-0.05, 0) is 68.6 Å². The number of amides is 1. The van der Waals surface area contributed by atoms with Crippen molar-refractivity contribution in [2.75, 3.05) is 45.2 Å². The van der Waals surface area contributed by atoms with Crippen LogP contribution in [0.4, 0.5) is 5.00 Å². The smallest absolute Gasteiger partial charge is 0.254 e. The summed E-state index contributed by atoms with van der Waals surface area (Å²) in [6, 6.07) is 6.29. The Balaban J connectivity index is 1.48. The van der Waals surface area contributed by atoms with E-state index >= 15 is 0 Å². The molecule has 2 heterocycles. The molecular weight excluding hydrogens is 510 g/mol. The predicted octanol–water partition coefficient (Wildman–Crippen LogP) is 4.11. The zero-order valence-electron chi connectivity index (χ0n) is 21.7. The minimum absolute atomic E-state index is 0.0202. The molecule has 1 atom stereocenters. The largest absolute Gasteiger partial charge is 0.385 e. The molecule has 1 amide bonds. The lowest BCUT2D eigenvalue weighted by molar-refractivity contribution is 0.0946. The fourth-order valence-corrected chi connectivity index (χ4v) is 7.97. The van der Waals surface area contributed by atoms with E-state index in [1.165, 1.54) is 15.2 Å². The lowest BCUT2D eigenvalue weighted by atomic mass is 9.95. The maximum absolute atomic E-state index is 13.2. The average Bonchev–Trinajstić information content (AvgIpc) is 3.28. The van der Waals surface area contributed by atoms with Crippen molar-refractivity contribution in [1.82, 2.24) is 9.62 Å². The fourth-order valence-electron chi connectivity index (χ4n) is 5.04. The number of fused-ring (bicyclic) bond motifs is 1. The van der Waals surface area contributed by atoms with Gasteiger partial charge in [0.2, 0.25) is 10.0 Å². The van der Waals surface area contributed by atoms with Crippen LogP contribution in [0.15, 0.2) is 29.2 Å². The van der Waals surface area contributed by atoms with Crippen molar-refractivity contribution in [3.8, 4) is 0 Å². The minimum atomic E-state index is -3.65. The van der Waals surface area contributed by atoms with Gasteiger partial charge in [-0.2, -0.15) is 4.31 Å². The minimum Gasteiger partial charge on any atom is -0.385 e. The molecule has 2 aromatic rings. The van der Waals surface area contributed by atoms with E-state index in [0.717, 1.165) is 50.5 Å². The molecule has 0 radical (unpaired) electrons. The van der Waals surface area contributed by atoms with Gasteiger partial charge in [-0.3, -0.25) is 9.59 Å². The maximum atomic E-state index is 13.2.